The van der Waals surface area contributed by atoms with E-state index in [-0.39, 0.29) is 0 Å². The first-order valence-electron chi connectivity index (χ1n) is 9.34. The minimum absolute atomic E-state index is 0.630. The van der Waals surface area contributed by atoms with Crippen molar-refractivity contribution in [3.05, 3.63) is 60.0 Å². The van der Waals surface area contributed by atoms with Gasteiger partial charge in [0.15, 0.2) is 0 Å². The highest BCUT2D eigenvalue weighted by Gasteiger charge is 2.20. The van der Waals surface area contributed by atoms with Crippen molar-refractivity contribution >= 4 is 5.95 Å². The van der Waals surface area contributed by atoms with Gasteiger partial charge in [-0.2, -0.15) is 5.10 Å². The summed E-state index contributed by atoms with van der Waals surface area (Å²) < 4.78 is 1.84. The Morgan fingerprint density at radius 3 is 2.65 bits per heavy atom. The number of aryl methyl sites for hydroxylation is 2. The third-order valence-corrected chi connectivity index (χ3v) is 5.21. The van der Waals surface area contributed by atoms with Gasteiger partial charge in [-0.05, 0) is 43.7 Å². The third-order valence-electron chi connectivity index (χ3n) is 5.21. The van der Waals surface area contributed by atoms with Crippen LogP contribution in [-0.2, 0) is 7.05 Å². The molecule has 0 saturated carbocycles. The molecule has 5 nitrogen and oxygen atoms in total. The molecule has 3 heterocycles. The van der Waals surface area contributed by atoms with Crippen molar-refractivity contribution in [2.75, 3.05) is 18.0 Å². The monoisotopic (exact) mass is 347 g/mol. The minimum Gasteiger partial charge on any atom is -0.341 e. The van der Waals surface area contributed by atoms with Crippen molar-refractivity contribution in [3.63, 3.8) is 0 Å². The number of hydrogen-bond acceptors (Lipinski definition) is 4. The molecular formula is C21H25N5. The summed E-state index contributed by atoms with van der Waals surface area (Å²) in [4.78, 5) is 11.7. The summed E-state index contributed by atoms with van der Waals surface area (Å²) in [5.41, 5.74) is 4.48. The van der Waals surface area contributed by atoms with E-state index in [2.05, 4.69) is 45.3 Å². The fraction of sp³-hybridized carbons (Fsp3) is 0.381. The summed E-state index contributed by atoms with van der Waals surface area (Å²) in [5, 5.41) is 4.43. The van der Waals surface area contributed by atoms with Crippen LogP contribution in [0, 0.1) is 6.92 Å². The van der Waals surface area contributed by atoms with Crippen LogP contribution in [0.3, 0.4) is 0 Å². The lowest BCUT2D eigenvalue weighted by atomic mass is 9.92. The lowest BCUT2D eigenvalue weighted by Crippen LogP contribution is -2.26. The maximum absolute atomic E-state index is 4.84. The van der Waals surface area contributed by atoms with E-state index in [4.69, 9.17) is 4.98 Å². The van der Waals surface area contributed by atoms with Gasteiger partial charge in [-0.25, -0.2) is 9.97 Å². The molecule has 1 aliphatic heterocycles. The first-order valence-corrected chi connectivity index (χ1v) is 9.34. The highest BCUT2D eigenvalue weighted by atomic mass is 15.3. The van der Waals surface area contributed by atoms with E-state index in [1.165, 1.54) is 18.4 Å². The standard InChI is InChI=1S/C21H25N5/c1-16-19(15-25(2)24-16)20-10-12-22-21(23-20)26-13-6-9-18(11-14-26)17-7-4-3-5-8-17/h3-5,7-8,10,12,15,18H,6,9,11,13-14H2,1-2H3. The number of aromatic nitrogens is 4. The van der Waals surface area contributed by atoms with Gasteiger partial charge in [0.25, 0.3) is 0 Å². The number of benzene rings is 1. The van der Waals surface area contributed by atoms with Crippen molar-refractivity contribution in [2.24, 2.45) is 7.05 Å². The Kier molecular flexibility index (Phi) is 4.69. The van der Waals surface area contributed by atoms with E-state index < -0.39 is 0 Å². The fourth-order valence-electron chi connectivity index (χ4n) is 3.86. The molecule has 4 rings (SSSR count). The molecule has 3 aromatic rings. The van der Waals surface area contributed by atoms with Crippen LogP contribution in [0.4, 0.5) is 5.95 Å². The van der Waals surface area contributed by atoms with Crippen LogP contribution in [-0.4, -0.2) is 32.8 Å². The SMILES string of the molecule is Cc1nn(C)cc1-c1ccnc(N2CCCC(c3ccccc3)CC2)n1. The number of nitrogens with zero attached hydrogens (tertiary/aromatic N) is 5. The molecule has 5 heteroatoms. The van der Waals surface area contributed by atoms with E-state index in [9.17, 15) is 0 Å². The summed E-state index contributed by atoms with van der Waals surface area (Å²) >= 11 is 0. The van der Waals surface area contributed by atoms with Crippen molar-refractivity contribution in [1.82, 2.24) is 19.7 Å². The largest absolute Gasteiger partial charge is 0.341 e. The average molecular weight is 347 g/mol. The summed E-state index contributed by atoms with van der Waals surface area (Å²) in [6.45, 7) is 4.03. The van der Waals surface area contributed by atoms with Gasteiger partial charge in [-0.15, -0.1) is 0 Å². The average Bonchev–Trinajstić information content (AvgIpc) is 2.87. The fourth-order valence-corrected chi connectivity index (χ4v) is 3.86. The molecular weight excluding hydrogens is 322 g/mol. The molecule has 0 aliphatic carbocycles. The van der Waals surface area contributed by atoms with Gasteiger partial charge in [-0.1, -0.05) is 30.3 Å². The molecule has 0 N–H and O–H groups in total. The normalized spacial score (nSPS) is 17.9. The zero-order chi connectivity index (χ0) is 17.9. The lowest BCUT2D eigenvalue weighted by Gasteiger charge is -2.21. The highest BCUT2D eigenvalue weighted by Crippen LogP contribution is 2.29. The second kappa shape index (κ2) is 7.28. The molecule has 1 aromatic carbocycles. The van der Waals surface area contributed by atoms with E-state index >= 15 is 0 Å². The lowest BCUT2D eigenvalue weighted by molar-refractivity contribution is 0.611. The molecule has 1 saturated heterocycles. The van der Waals surface area contributed by atoms with Crippen LogP contribution in [0.25, 0.3) is 11.3 Å². The number of anilines is 1. The minimum atomic E-state index is 0.630. The summed E-state index contributed by atoms with van der Waals surface area (Å²) in [5.74, 6) is 1.46. The zero-order valence-electron chi connectivity index (χ0n) is 15.5. The molecule has 0 radical (unpaired) electrons. The molecule has 134 valence electrons. The first-order chi connectivity index (χ1) is 12.7. The van der Waals surface area contributed by atoms with Crippen molar-refractivity contribution in [3.8, 4) is 11.3 Å². The summed E-state index contributed by atoms with van der Waals surface area (Å²) in [6.07, 6.45) is 7.42. The van der Waals surface area contributed by atoms with Crippen LogP contribution in [0.1, 0.15) is 36.4 Å². The van der Waals surface area contributed by atoms with Gasteiger partial charge < -0.3 is 4.90 Å². The van der Waals surface area contributed by atoms with Crippen LogP contribution in [0.15, 0.2) is 48.8 Å². The zero-order valence-corrected chi connectivity index (χ0v) is 15.5. The van der Waals surface area contributed by atoms with Gasteiger partial charge in [0.1, 0.15) is 0 Å². The van der Waals surface area contributed by atoms with Crippen LogP contribution < -0.4 is 4.90 Å². The third kappa shape index (κ3) is 3.47. The number of hydrogen-bond donors (Lipinski definition) is 0. The molecule has 1 unspecified atom stereocenters. The number of rotatable bonds is 3. The van der Waals surface area contributed by atoms with Gasteiger partial charge in [0, 0.05) is 38.1 Å². The van der Waals surface area contributed by atoms with Gasteiger partial charge in [-0.3, -0.25) is 4.68 Å². The first kappa shape index (κ1) is 16.8. The Balaban J connectivity index is 1.53. The maximum Gasteiger partial charge on any atom is 0.225 e. The Labute approximate surface area is 154 Å². The highest BCUT2D eigenvalue weighted by molar-refractivity contribution is 5.61. The van der Waals surface area contributed by atoms with E-state index in [0.717, 1.165) is 42.4 Å². The van der Waals surface area contributed by atoms with Crippen LogP contribution in [0.5, 0.6) is 0 Å². The molecule has 0 spiro atoms. The van der Waals surface area contributed by atoms with E-state index in [1.807, 2.05) is 37.1 Å². The Hall–Kier alpha value is -2.69. The molecule has 1 fully saturated rings. The molecule has 2 aromatic heterocycles. The molecule has 0 bridgehead atoms. The second-order valence-corrected chi connectivity index (χ2v) is 7.07. The van der Waals surface area contributed by atoms with Crippen molar-refractivity contribution in [1.29, 1.82) is 0 Å². The quantitative estimate of drug-likeness (QED) is 0.719. The van der Waals surface area contributed by atoms with E-state index in [1.54, 1.807) is 0 Å². The Morgan fingerprint density at radius 1 is 1.04 bits per heavy atom. The molecule has 1 aliphatic rings. The predicted octanol–water partition coefficient (Wildman–Crippen LogP) is 3.96. The Bertz CT molecular complexity index is 871. The predicted molar refractivity (Wildman–Crippen MR) is 104 cm³/mol. The Morgan fingerprint density at radius 2 is 1.88 bits per heavy atom. The van der Waals surface area contributed by atoms with Gasteiger partial charge in [0.2, 0.25) is 5.95 Å². The van der Waals surface area contributed by atoms with Crippen LogP contribution >= 0.6 is 0 Å². The molecule has 1 atom stereocenters. The van der Waals surface area contributed by atoms with E-state index in [0.29, 0.717) is 5.92 Å². The smallest absolute Gasteiger partial charge is 0.225 e. The topological polar surface area (TPSA) is 46.8 Å². The van der Waals surface area contributed by atoms with Crippen LogP contribution in [0.2, 0.25) is 0 Å². The second-order valence-electron chi connectivity index (χ2n) is 7.07. The van der Waals surface area contributed by atoms with Crippen molar-refractivity contribution in [2.45, 2.75) is 32.1 Å². The van der Waals surface area contributed by atoms with Crippen molar-refractivity contribution < 1.29 is 0 Å². The van der Waals surface area contributed by atoms with Gasteiger partial charge >= 0.3 is 0 Å². The maximum atomic E-state index is 4.84. The van der Waals surface area contributed by atoms with Gasteiger partial charge in [0.05, 0.1) is 11.4 Å². The molecule has 0 amide bonds. The summed E-state index contributed by atoms with van der Waals surface area (Å²) in [6, 6.07) is 12.8. The summed E-state index contributed by atoms with van der Waals surface area (Å²) in [7, 11) is 1.94. The molecule has 26 heavy (non-hydrogen) atoms.